The lowest BCUT2D eigenvalue weighted by Crippen LogP contribution is -1.97. The van der Waals surface area contributed by atoms with Crippen LogP contribution in [-0.4, -0.2) is 13.1 Å². The van der Waals surface area contributed by atoms with Crippen LogP contribution in [-0.2, 0) is 0 Å². The fourth-order valence-electron chi connectivity index (χ4n) is 1.29. The van der Waals surface area contributed by atoms with Gasteiger partial charge in [0.2, 0.25) is 0 Å². The van der Waals surface area contributed by atoms with Crippen molar-refractivity contribution in [3.8, 4) is 23.7 Å². The highest BCUT2D eigenvalue weighted by atomic mass is 16.3. The predicted molar refractivity (Wildman–Crippen MR) is 69.0 cm³/mol. The molecule has 0 unspecified atom stereocenters. The minimum atomic E-state index is 0.336. The molecular formula is C14H18N2O. The Bertz CT molecular complexity index is 440. The van der Waals surface area contributed by atoms with E-state index >= 15 is 0 Å². The van der Waals surface area contributed by atoms with Crippen LogP contribution in [0.15, 0.2) is 16.5 Å². The first-order valence-corrected chi connectivity index (χ1v) is 5.84. The van der Waals surface area contributed by atoms with E-state index in [0.717, 1.165) is 32.2 Å². The van der Waals surface area contributed by atoms with Crippen molar-refractivity contribution in [3.63, 3.8) is 0 Å². The summed E-state index contributed by atoms with van der Waals surface area (Å²) in [6.45, 7) is 1.09. The summed E-state index contributed by atoms with van der Waals surface area (Å²) in [5, 5.41) is 0. The smallest absolute Gasteiger partial charge is 0.178 e. The second-order valence-electron chi connectivity index (χ2n) is 3.57. The topological polar surface area (TPSA) is 65.2 Å². The summed E-state index contributed by atoms with van der Waals surface area (Å²) in [7, 11) is 0. The molecular weight excluding hydrogens is 212 g/mol. The van der Waals surface area contributed by atoms with E-state index < -0.39 is 0 Å². The molecule has 17 heavy (non-hydrogen) atoms. The second-order valence-corrected chi connectivity index (χ2v) is 3.57. The molecule has 0 saturated carbocycles. The summed E-state index contributed by atoms with van der Waals surface area (Å²) < 4.78 is 5.39. The highest BCUT2D eigenvalue weighted by molar-refractivity contribution is 5.32. The second kappa shape index (κ2) is 8.47. The summed E-state index contributed by atoms with van der Waals surface area (Å²) in [4.78, 5) is 0. The van der Waals surface area contributed by atoms with Gasteiger partial charge in [0.15, 0.2) is 11.5 Å². The molecule has 1 rings (SSSR count). The van der Waals surface area contributed by atoms with Crippen molar-refractivity contribution >= 4 is 0 Å². The molecule has 4 N–H and O–H groups in total. The third-order valence-electron chi connectivity index (χ3n) is 2.14. The van der Waals surface area contributed by atoms with Gasteiger partial charge in [0, 0.05) is 6.42 Å². The maximum Gasteiger partial charge on any atom is 0.178 e. The zero-order valence-electron chi connectivity index (χ0n) is 9.96. The number of rotatable bonds is 4. The average molecular weight is 230 g/mol. The number of unbranched alkanes of at least 4 members (excludes halogenated alkanes) is 3. The van der Waals surface area contributed by atoms with Crippen LogP contribution in [0.25, 0.3) is 0 Å². The van der Waals surface area contributed by atoms with Crippen molar-refractivity contribution in [2.24, 2.45) is 11.5 Å². The molecule has 0 amide bonds. The Kier molecular flexibility index (Phi) is 6.67. The molecule has 0 fully saturated rings. The fraction of sp³-hybridized carbons (Fsp3) is 0.429. The summed E-state index contributed by atoms with van der Waals surface area (Å²) in [5.41, 5.74) is 10.7. The minimum Gasteiger partial charge on any atom is -0.439 e. The lowest BCUT2D eigenvalue weighted by molar-refractivity contribution is 0.542. The maximum absolute atomic E-state index is 5.40. The first-order chi connectivity index (χ1) is 8.36. The van der Waals surface area contributed by atoms with E-state index in [1.54, 1.807) is 6.07 Å². The molecule has 0 aliphatic carbocycles. The van der Waals surface area contributed by atoms with Crippen molar-refractivity contribution < 1.29 is 4.42 Å². The van der Waals surface area contributed by atoms with Crippen LogP contribution in [0.2, 0.25) is 0 Å². The van der Waals surface area contributed by atoms with Gasteiger partial charge in [-0.15, -0.1) is 0 Å². The van der Waals surface area contributed by atoms with Gasteiger partial charge >= 0.3 is 0 Å². The molecule has 0 aromatic carbocycles. The molecule has 1 aromatic heterocycles. The lowest BCUT2D eigenvalue weighted by Gasteiger charge is -1.91. The van der Waals surface area contributed by atoms with Gasteiger partial charge in [0.1, 0.15) is 0 Å². The molecule has 1 heterocycles. The third-order valence-corrected chi connectivity index (χ3v) is 2.14. The van der Waals surface area contributed by atoms with Gasteiger partial charge in [0.25, 0.3) is 0 Å². The molecule has 1 aromatic rings. The molecule has 0 aliphatic rings. The van der Waals surface area contributed by atoms with E-state index in [9.17, 15) is 0 Å². The molecule has 0 spiro atoms. The highest BCUT2D eigenvalue weighted by Crippen LogP contribution is 2.05. The number of furan rings is 1. The van der Waals surface area contributed by atoms with Crippen LogP contribution in [0.4, 0.5) is 0 Å². The first kappa shape index (κ1) is 13.4. The van der Waals surface area contributed by atoms with Crippen molar-refractivity contribution in [1.29, 1.82) is 0 Å². The Labute approximate surface area is 103 Å². The monoisotopic (exact) mass is 230 g/mol. The number of nitrogens with two attached hydrogens (primary N) is 2. The predicted octanol–water partition coefficient (Wildman–Crippen LogP) is 1.46. The van der Waals surface area contributed by atoms with Crippen LogP contribution in [0.5, 0.6) is 0 Å². The molecule has 0 aliphatic heterocycles. The molecule has 0 radical (unpaired) electrons. The molecule has 0 atom stereocenters. The molecule has 3 nitrogen and oxygen atoms in total. The lowest BCUT2D eigenvalue weighted by atomic mass is 10.2. The Morgan fingerprint density at radius 2 is 1.65 bits per heavy atom. The average Bonchev–Trinajstić information content (AvgIpc) is 2.79. The zero-order valence-corrected chi connectivity index (χ0v) is 9.96. The summed E-state index contributed by atoms with van der Waals surface area (Å²) in [5.74, 6) is 12.9. The van der Waals surface area contributed by atoms with E-state index in [1.807, 2.05) is 6.07 Å². The van der Waals surface area contributed by atoms with E-state index in [2.05, 4.69) is 23.7 Å². The van der Waals surface area contributed by atoms with Gasteiger partial charge in [-0.25, -0.2) is 0 Å². The van der Waals surface area contributed by atoms with Gasteiger partial charge in [-0.3, -0.25) is 0 Å². The molecule has 0 bridgehead atoms. The normalized spacial score (nSPS) is 9.06. The summed E-state index contributed by atoms with van der Waals surface area (Å²) in [6.07, 6.45) is 4.17. The van der Waals surface area contributed by atoms with Crippen molar-refractivity contribution in [1.82, 2.24) is 0 Å². The maximum atomic E-state index is 5.40. The Balaban J connectivity index is 2.36. The van der Waals surface area contributed by atoms with Crippen LogP contribution in [0.1, 0.15) is 37.2 Å². The van der Waals surface area contributed by atoms with Gasteiger partial charge in [-0.2, -0.15) is 0 Å². The number of hydrogen-bond donors (Lipinski definition) is 2. The van der Waals surface area contributed by atoms with E-state index in [4.69, 9.17) is 15.9 Å². The van der Waals surface area contributed by atoms with Crippen LogP contribution in [0, 0.1) is 23.7 Å². The third kappa shape index (κ3) is 5.82. The van der Waals surface area contributed by atoms with Gasteiger partial charge in [-0.05, 0) is 43.4 Å². The molecule has 0 saturated heterocycles. The van der Waals surface area contributed by atoms with Crippen molar-refractivity contribution in [3.05, 3.63) is 23.7 Å². The Morgan fingerprint density at radius 1 is 0.941 bits per heavy atom. The van der Waals surface area contributed by atoms with Crippen molar-refractivity contribution in [2.75, 3.05) is 13.1 Å². The van der Waals surface area contributed by atoms with Gasteiger partial charge in [-0.1, -0.05) is 18.3 Å². The Hall–Kier alpha value is -1.68. The van der Waals surface area contributed by atoms with Crippen LogP contribution >= 0.6 is 0 Å². The SMILES string of the molecule is NCC#Cc1ccc(C#CCCCCCN)o1. The van der Waals surface area contributed by atoms with Gasteiger partial charge in [0.05, 0.1) is 6.54 Å². The van der Waals surface area contributed by atoms with E-state index in [0.29, 0.717) is 18.1 Å². The fourth-order valence-corrected chi connectivity index (χ4v) is 1.29. The molecule has 3 heteroatoms. The van der Waals surface area contributed by atoms with Crippen LogP contribution in [0.3, 0.4) is 0 Å². The van der Waals surface area contributed by atoms with Crippen LogP contribution < -0.4 is 11.5 Å². The standard InChI is InChI=1S/C14H18N2O/c15-11-5-3-1-2-4-7-13-9-10-14(17-13)8-6-12-16/h9-10H,1-3,5,11-12,15-16H2. The van der Waals surface area contributed by atoms with Crippen molar-refractivity contribution in [2.45, 2.75) is 25.7 Å². The van der Waals surface area contributed by atoms with E-state index in [1.165, 1.54) is 0 Å². The largest absolute Gasteiger partial charge is 0.439 e. The Morgan fingerprint density at radius 3 is 2.29 bits per heavy atom. The summed E-state index contributed by atoms with van der Waals surface area (Å²) >= 11 is 0. The highest BCUT2D eigenvalue weighted by Gasteiger charge is 1.94. The first-order valence-electron chi connectivity index (χ1n) is 5.84. The zero-order chi connectivity index (χ0) is 12.3. The quantitative estimate of drug-likeness (QED) is 0.608. The minimum absolute atomic E-state index is 0.336. The summed E-state index contributed by atoms with van der Waals surface area (Å²) in [6, 6.07) is 3.63. The molecule has 90 valence electrons. The van der Waals surface area contributed by atoms with Gasteiger partial charge < -0.3 is 15.9 Å². The number of hydrogen-bond acceptors (Lipinski definition) is 3. The van der Waals surface area contributed by atoms with E-state index in [-0.39, 0.29) is 0 Å².